The number of carboxylic acids is 1. The number of benzene rings is 1. The Labute approximate surface area is 128 Å². The van der Waals surface area contributed by atoms with Gasteiger partial charge in [-0.25, -0.2) is 0 Å². The fourth-order valence-electron chi connectivity index (χ4n) is 3.55. The third kappa shape index (κ3) is 3.65. The predicted molar refractivity (Wildman–Crippen MR) is 85.6 cm³/mol. The van der Waals surface area contributed by atoms with E-state index in [-0.39, 0.29) is 6.42 Å². The molecule has 0 spiro atoms. The minimum atomic E-state index is -0.720. The molecule has 0 aliphatic carbocycles. The molecule has 1 saturated heterocycles. The van der Waals surface area contributed by atoms with Crippen molar-refractivity contribution in [1.29, 1.82) is 0 Å². The highest BCUT2D eigenvalue weighted by Gasteiger charge is 2.37. The lowest BCUT2D eigenvalue weighted by Crippen LogP contribution is -2.46. The lowest BCUT2D eigenvalue weighted by atomic mass is 9.83. The van der Waals surface area contributed by atoms with Crippen molar-refractivity contribution in [3.05, 3.63) is 34.9 Å². The zero-order chi connectivity index (χ0) is 15.5. The first kappa shape index (κ1) is 16.0. The van der Waals surface area contributed by atoms with Crippen LogP contribution in [-0.4, -0.2) is 29.1 Å². The molecule has 2 rings (SSSR count). The van der Waals surface area contributed by atoms with Gasteiger partial charge in [0.05, 0.1) is 12.0 Å². The quantitative estimate of drug-likeness (QED) is 0.914. The van der Waals surface area contributed by atoms with E-state index in [1.807, 2.05) is 0 Å². The first-order chi connectivity index (χ1) is 9.93. The Hall–Kier alpha value is -1.35. The first-order valence-corrected chi connectivity index (χ1v) is 7.98. The van der Waals surface area contributed by atoms with Crippen LogP contribution >= 0.6 is 0 Å². The molecule has 1 fully saturated rings. The highest BCUT2D eigenvalue weighted by Crippen LogP contribution is 2.36. The van der Waals surface area contributed by atoms with Gasteiger partial charge in [-0.1, -0.05) is 36.6 Å². The van der Waals surface area contributed by atoms with Crippen molar-refractivity contribution in [1.82, 2.24) is 4.90 Å². The normalized spacial score (nSPS) is 19.8. The molecule has 1 atom stereocenters. The molecule has 116 valence electrons. The van der Waals surface area contributed by atoms with Crippen LogP contribution in [0, 0.1) is 13.8 Å². The summed E-state index contributed by atoms with van der Waals surface area (Å²) in [5, 5.41) is 9.44. The monoisotopic (exact) mass is 289 g/mol. The van der Waals surface area contributed by atoms with E-state index >= 15 is 0 Å². The van der Waals surface area contributed by atoms with Crippen molar-refractivity contribution in [2.75, 3.05) is 13.1 Å². The average Bonchev–Trinajstić information content (AvgIpc) is 2.70. The molecule has 3 nitrogen and oxygen atoms in total. The standard InChI is InChI=1S/C18H27NO2/c1-14-8-9-15(2)16(12-14)18(3,13-17(20)21)19-10-6-4-5-7-11-19/h8-9,12H,4-7,10-11,13H2,1-3H3,(H,20,21). The molecule has 0 saturated carbocycles. The average molecular weight is 289 g/mol. The van der Waals surface area contributed by atoms with Gasteiger partial charge in [0.25, 0.3) is 0 Å². The van der Waals surface area contributed by atoms with Crippen LogP contribution in [0.5, 0.6) is 0 Å². The molecule has 0 amide bonds. The lowest BCUT2D eigenvalue weighted by molar-refractivity contribution is -0.140. The van der Waals surface area contributed by atoms with Crippen LogP contribution in [0.15, 0.2) is 18.2 Å². The SMILES string of the molecule is Cc1ccc(C)c(C(C)(CC(=O)O)N2CCCCCC2)c1. The molecule has 1 aromatic carbocycles. The van der Waals surface area contributed by atoms with E-state index in [0.29, 0.717) is 0 Å². The van der Waals surface area contributed by atoms with Crippen molar-refractivity contribution in [3.63, 3.8) is 0 Å². The van der Waals surface area contributed by atoms with E-state index in [2.05, 4.69) is 43.9 Å². The van der Waals surface area contributed by atoms with E-state index < -0.39 is 11.5 Å². The topological polar surface area (TPSA) is 40.5 Å². The maximum atomic E-state index is 11.5. The van der Waals surface area contributed by atoms with Crippen LogP contribution in [0.3, 0.4) is 0 Å². The fraction of sp³-hybridized carbons (Fsp3) is 0.611. The molecule has 1 aromatic rings. The van der Waals surface area contributed by atoms with E-state index in [1.54, 1.807) is 0 Å². The number of carbonyl (C=O) groups is 1. The number of aliphatic carboxylic acids is 1. The third-order valence-electron chi connectivity index (χ3n) is 4.77. The summed E-state index contributed by atoms with van der Waals surface area (Å²) in [7, 11) is 0. The van der Waals surface area contributed by atoms with Crippen molar-refractivity contribution in [2.24, 2.45) is 0 Å². The Morgan fingerprint density at radius 2 is 1.81 bits per heavy atom. The Morgan fingerprint density at radius 3 is 2.38 bits per heavy atom. The number of nitrogens with zero attached hydrogens (tertiary/aromatic N) is 1. The van der Waals surface area contributed by atoms with Gasteiger partial charge >= 0.3 is 5.97 Å². The van der Waals surface area contributed by atoms with Gasteiger partial charge in [0.1, 0.15) is 0 Å². The molecule has 0 aromatic heterocycles. The molecular weight excluding hydrogens is 262 g/mol. The summed E-state index contributed by atoms with van der Waals surface area (Å²) in [5.74, 6) is -0.720. The molecule has 1 heterocycles. The molecule has 3 heteroatoms. The maximum absolute atomic E-state index is 11.5. The number of aryl methyl sites for hydroxylation is 2. The van der Waals surface area contributed by atoms with Crippen molar-refractivity contribution in [3.8, 4) is 0 Å². The van der Waals surface area contributed by atoms with Crippen LogP contribution in [0.1, 0.15) is 55.7 Å². The van der Waals surface area contributed by atoms with Crippen LogP contribution in [-0.2, 0) is 10.3 Å². The molecule has 1 aliphatic heterocycles. The summed E-state index contributed by atoms with van der Waals surface area (Å²) in [6.45, 7) is 8.27. The molecule has 21 heavy (non-hydrogen) atoms. The molecule has 1 unspecified atom stereocenters. The van der Waals surface area contributed by atoms with Crippen LogP contribution < -0.4 is 0 Å². The number of carboxylic acid groups (broad SMARTS) is 1. The molecule has 0 bridgehead atoms. The minimum Gasteiger partial charge on any atom is -0.481 e. The summed E-state index contributed by atoms with van der Waals surface area (Å²) >= 11 is 0. The second-order valence-electron chi connectivity index (χ2n) is 6.56. The fourth-order valence-corrected chi connectivity index (χ4v) is 3.55. The zero-order valence-corrected chi connectivity index (χ0v) is 13.5. The summed E-state index contributed by atoms with van der Waals surface area (Å²) in [5.41, 5.74) is 3.15. The van der Waals surface area contributed by atoms with Crippen LogP contribution in [0.25, 0.3) is 0 Å². The van der Waals surface area contributed by atoms with Gasteiger partial charge in [-0.2, -0.15) is 0 Å². The second-order valence-corrected chi connectivity index (χ2v) is 6.56. The Bertz CT molecular complexity index is 504. The van der Waals surface area contributed by atoms with Crippen molar-refractivity contribution < 1.29 is 9.90 Å². The summed E-state index contributed by atoms with van der Waals surface area (Å²) in [4.78, 5) is 13.9. The highest BCUT2D eigenvalue weighted by atomic mass is 16.4. The van der Waals surface area contributed by atoms with E-state index in [9.17, 15) is 9.90 Å². The second kappa shape index (κ2) is 6.61. The molecule has 1 N–H and O–H groups in total. The lowest BCUT2D eigenvalue weighted by Gasteiger charge is -2.41. The van der Waals surface area contributed by atoms with Gasteiger partial charge in [-0.05, 0) is 57.8 Å². The highest BCUT2D eigenvalue weighted by molar-refractivity contribution is 5.69. The number of hydrogen-bond donors (Lipinski definition) is 1. The number of rotatable bonds is 4. The smallest absolute Gasteiger partial charge is 0.305 e. The Kier molecular flexibility index (Phi) is 5.04. The van der Waals surface area contributed by atoms with E-state index in [0.717, 1.165) is 13.1 Å². The van der Waals surface area contributed by atoms with E-state index in [4.69, 9.17) is 0 Å². The summed E-state index contributed by atoms with van der Waals surface area (Å²) in [6, 6.07) is 6.38. The van der Waals surface area contributed by atoms with Crippen molar-refractivity contribution in [2.45, 2.75) is 58.4 Å². The summed E-state index contributed by atoms with van der Waals surface area (Å²) < 4.78 is 0. The van der Waals surface area contributed by atoms with Crippen LogP contribution in [0.2, 0.25) is 0 Å². The number of hydrogen-bond acceptors (Lipinski definition) is 2. The maximum Gasteiger partial charge on any atom is 0.305 e. The van der Waals surface area contributed by atoms with E-state index in [1.165, 1.54) is 42.4 Å². The van der Waals surface area contributed by atoms with Gasteiger partial charge in [-0.15, -0.1) is 0 Å². The molecule has 0 radical (unpaired) electrons. The minimum absolute atomic E-state index is 0.164. The van der Waals surface area contributed by atoms with Gasteiger partial charge in [-0.3, -0.25) is 9.69 Å². The molecule has 1 aliphatic rings. The molecular formula is C18H27NO2. The summed E-state index contributed by atoms with van der Waals surface area (Å²) in [6.07, 6.45) is 5.01. The number of likely N-dealkylation sites (tertiary alicyclic amines) is 1. The van der Waals surface area contributed by atoms with Crippen molar-refractivity contribution >= 4 is 5.97 Å². The van der Waals surface area contributed by atoms with Gasteiger partial charge < -0.3 is 5.11 Å². The Balaban J connectivity index is 2.44. The predicted octanol–water partition coefficient (Wildman–Crippen LogP) is 3.87. The Morgan fingerprint density at radius 1 is 1.19 bits per heavy atom. The van der Waals surface area contributed by atoms with Gasteiger partial charge in [0, 0.05) is 0 Å². The largest absolute Gasteiger partial charge is 0.481 e. The van der Waals surface area contributed by atoms with Gasteiger partial charge in [0.2, 0.25) is 0 Å². The zero-order valence-electron chi connectivity index (χ0n) is 13.5. The van der Waals surface area contributed by atoms with Crippen LogP contribution in [0.4, 0.5) is 0 Å². The third-order valence-corrected chi connectivity index (χ3v) is 4.77. The first-order valence-electron chi connectivity index (χ1n) is 7.98. The van der Waals surface area contributed by atoms with Gasteiger partial charge in [0.15, 0.2) is 0 Å².